The number of carbonyl (C=O) groups excluding carboxylic acids is 1. The van der Waals surface area contributed by atoms with E-state index < -0.39 is 5.97 Å². The van der Waals surface area contributed by atoms with Crippen LogP contribution in [0.15, 0.2) is 12.4 Å². The van der Waals surface area contributed by atoms with Crippen LogP contribution in [-0.2, 0) is 4.74 Å². The number of esters is 1. The van der Waals surface area contributed by atoms with Crippen LogP contribution in [-0.4, -0.2) is 28.9 Å². The van der Waals surface area contributed by atoms with Crippen molar-refractivity contribution in [1.29, 1.82) is 0 Å². The Balaban J connectivity index is 2.73. The molecule has 0 aromatic carbocycles. The van der Waals surface area contributed by atoms with Gasteiger partial charge in [0.1, 0.15) is 0 Å². The lowest BCUT2D eigenvalue weighted by Crippen LogP contribution is -2.06. The van der Waals surface area contributed by atoms with Crippen LogP contribution in [0, 0.1) is 11.8 Å². The maximum atomic E-state index is 11.0. The first-order valence-electron chi connectivity index (χ1n) is 4.23. The van der Waals surface area contributed by atoms with Crippen molar-refractivity contribution in [2.24, 2.45) is 0 Å². The van der Waals surface area contributed by atoms with Crippen LogP contribution in [0.3, 0.4) is 0 Å². The number of alkyl halides is 1. The number of carbonyl (C=O) groups is 1. The molecule has 0 amide bonds. The fraction of sp³-hybridized carbons (Fsp3) is 0.300. The predicted molar refractivity (Wildman–Crippen MR) is 55.6 cm³/mol. The lowest BCUT2D eigenvalue weighted by atomic mass is 10.3. The molecule has 0 radical (unpaired) electrons. The monoisotopic (exact) mass is 224 g/mol. The Bertz CT molecular complexity index is 392. The normalized spacial score (nSPS) is 8.93. The number of halogens is 1. The smallest absolute Gasteiger partial charge is 0.376 e. The van der Waals surface area contributed by atoms with Crippen LogP contribution in [0.25, 0.3) is 0 Å². The molecule has 1 aromatic rings. The summed E-state index contributed by atoms with van der Waals surface area (Å²) in [6.07, 6.45) is 3.56. The van der Waals surface area contributed by atoms with Gasteiger partial charge in [-0.2, -0.15) is 0 Å². The first-order chi connectivity index (χ1) is 7.27. The molecule has 0 atom stereocenters. The van der Waals surface area contributed by atoms with Crippen LogP contribution in [0.2, 0.25) is 0 Å². The number of hydrogen-bond donors (Lipinski definition) is 0. The van der Waals surface area contributed by atoms with Crippen molar-refractivity contribution in [3.8, 4) is 11.8 Å². The molecular weight excluding hydrogens is 216 g/mol. The van der Waals surface area contributed by atoms with Crippen molar-refractivity contribution < 1.29 is 9.53 Å². The van der Waals surface area contributed by atoms with E-state index in [-0.39, 0.29) is 5.82 Å². The zero-order valence-corrected chi connectivity index (χ0v) is 8.91. The molecule has 0 bridgehead atoms. The maximum Gasteiger partial charge on any atom is 0.376 e. The molecule has 4 nitrogen and oxygen atoms in total. The van der Waals surface area contributed by atoms with Gasteiger partial charge in [-0.15, -0.1) is 11.6 Å². The third kappa shape index (κ3) is 3.56. The molecule has 0 aliphatic heterocycles. The summed E-state index contributed by atoms with van der Waals surface area (Å²) in [5.41, 5.74) is 0.646. The molecule has 78 valence electrons. The fourth-order valence-electron chi connectivity index (χ4n) is 0.801. The number of aromatic nitrogens is 2. The van der Waals surface area contributed by atoms with E-state index in [0.29, 0.717) is 17.9 Å². The molecule has 1 heterocycles. The molecule has 0 fully saturated rings. The van der Waals surface area contributed by atoms with Crippen molar-refractivity contribution >= 4 is 17.6 Å². The molecule has 5 heteroatoms. The van der Waals surface area contributed by atoms with Crippen molar-refractivity contribution in [1.82, 2.24) is 9.97 Å². The second kappa shape index (κ2) is 5.99. The summed E-state index contributed by atoms with van der Waals surface area (Å²) in [4.78, 5) is 18.6. The van der Waals surface area contributed by atoms with Crippen LogP contribution >= 0.6 is 11.6 Å². The topological polar surface area (TPSA) is 52.1 Å². The van der Waals surface area contributed by atoms with Gasteiger partial charge in [0.25, 0.3) is 0 Å². The number of ether oxygens (including phenoxy) is 1. The van der Waals surface area contributed by atoms with E-state index in [1.54, 1.807) is 0 Å². The number of rotatable bonds is 2. The second-order valence-corrected chi connectivity index (χ2v) is 2.91. The van der Waals surface area contributed by atoms with E-state index in [1.165, 1.54) is 19.5 Å². The number of hydrogen-bond acceptors (Lipinski definition) is 4. The Kier molecular flexibility index (Phi) is 4.58. The van der Waals surface area contributed by atoms with Crippen LogP contribution in [0.5, 0.6) is 0 Å². The minimum atomic E-state index is -0.560. The van der Waals surface area contributed by atoms with Gasteiger partial charge in [0.05, 0.1) is 12.7 Å². The van der Waals surface area contributed by atoms with Gasteiger partial charge in [0.2, 0.25) is 5.82 Å². The van der Waals surface area contributed by atoms with Crippen LogP contribution in [0.4, 0.5) is 0 Å². The molecule has 0 aliphatic rings. The summed E-state index contributed by atoms with van der Waals surface area (Å²) >= 11 is 5.46. The Labute approximate surface area is 92.6 Å². The summed E-state index contributed by atoms with van der Waals surface area (Å²) in [5, 5.41) is 0. The third-order valence-electron chi connectivity index (χ3n) is 1.47. The standard InChI is InChI=1S/C10H9ClN2O2/c1-15-10(14)9-12-6-8(7-13-9)4-2-3-5-11/h6-7H,3,5H2,1H3. The predicted octanol–water partition coefficient (Wildman–Crippen LogP) is 1.24. The molecule has 0 unspecified atom stereocenters. The summed E-state index contributed by atoms with van der Waals surface area (Å²) in [5.74, 6) is 5.62. The van der Waals surface area contributed by atoms with E-state index >= 15 is 0 Å². The van der Waals surface area contributed by atoms with E-state index in [0.717, 1.165) is 0 Å². The fourth-order valence-corrected chi connectivity index (χ4v) is 0.896. The first-order valence-corrected chi connectivity index (χ1v) is 4.76. The average molecular weight is 225 g/mol. The number of nitrogens with zero attached hydrogens (tertiary/aromatic N) is 2. The molecule has 0 aliphatic carbocycles. The molecule has 15 heavy (non-hydrogen) atoms. The van der Waals surface area contributed by atoms with E-state index in [1.807, 2.05) is 0 Å². The third-order valence-corrected chi connectivity index (χ3v) is 1.66. The largest absolute Gasteiger partial charge is 0.463 e. The molecule has 0 saturated heterocycles. The molecular formula is C10H9ClN2O2. The van der Waals surface area contributed by atoms with E-state index in [9.17, 15) is 4.79 Å². The highest BCUT2D eigenvalue weighted by Gasteiger charge is 2.07. The quantitative estimate of drug-likeness (QED) is 0.431. The van der Waals surface area contributed by atoms with Crippen molar-refractivity contribution in [2.75, 3.05) is 13.0 Å². The van der Waals surface area contributed by atoms with Gasteiger partial charge in [0, 0.05) is 24.7 Å². The minimum Gasteiger partial charge on any atom is -0.463 e. The summed E-state index contributed by atoms with van der Waals surface area (Å²) in [7, 11) is 1.28. The van der Waals surface area contributed by atoms with Crippen LogP contribution < -0.4 is 0 Å². The van der Waals surface area contributed by atoms with Gasteiger partial charge < -0.3 is 4.74 Å². The molecule has 1 aromatic heterocycles. The Morgan fingerprint density at radius 3 is 2.73 bits per heavy atom. The highest BCUT2D eigenvalue weighted by molar-refractivity contribution is 6.18. The SMILES string of the molecule is COC(=O)c1ncc(C#CCCCl)cn1. The minimum absolute atomic E-state index is 0.0281. The van der Waals surface area contributed by atoms with E-state index in [4.69, 9.17) is 11.6 Å². The summed E-state index contributed by atoms with van der Waals surface area (Å²) in [6, 6.07) is 0. The van der Waals surface area contributed by atoms with Gasteiger partial charge in [-0.05, 0) is 0 Å². The second-order valence-electron chi connectivity index (χ2n) is 2.53. The zero-order valence-electron chi connectivity index (χ0n) is 8.16. The lowest BCUT2D eigenvalue weighted by Gasteiger charge is -1.95. The summed E-state index contributed by atoms with van der Waals surface area (Å²) in [6.45, 7) is 0. The van der Waals surface area contributed by atoms with Crippen molar-refractivity contribution in [3.05, 3.63) is 23.8 Å². The molecule has 0 N–H and O–H groups in total. The Morgan fingerprint density at radius 1 is 1.53 bits per heavy atom. The Morgan fingerprint density at radius 2 is 2.20 bits per heavy atom. The highest BCUT2D eigenvalue weighted by Crippen LogP contribution is 1.96. The van der Waals surface area contributed by atoms with Gasteiger partial charge in [-0.25, -0.2) is 14.8 Å². The van der Waals surface area contributed by atoms with Gasteiger partial charge in [-0.3, -0.25) is 0 Å². The van der Waals surface area contributed by atoms with Gasteiger partial charge in [-0.1, -0.05) is 11.8 Å². The van der Waals surface area contributed by atoms with Gasteiger partial charge >= 0.3 is 5.97 Å². The van der Waals surface area contributed by atoms with Gasteiger partial charge in [0.15, 0.2) is 0 Å². The Hall–Kier alpha value is -1.60. The van der Waals surface area contributed by atoms with Crippen LogP contribution in [0.1, 0.15) is 22.6 Å². The lowest BCUT2D eigenvalue weighted by molar-refractivity contribution is 0.0586. The summed E-state index contributed by atoms with van der Waals surface area (Å²) < 4.78 is 4.46. The number of methoxy groups -OCH3 is 1. The van der Waals surface area contributed by atoms with Crippen molar-refractivity contribution in [3.63, 3.8) is 0 Å². The zero-order chi connectivity index (χ0) is 11.1. The molecule has 0 saturated carbocycles. The first kappa shape index (κ1) is 11.5. The molecule has 0 spiro atoms. The van der Waals surface area contributed by atoms with Crippen molar-refractivity contribution in [2.45, 2.75) is 6.42 Å². The molecule has 1 rings (SSSR count). The average Bonchev–Trinajstić information content (AvgIpc) is 2.29. The maximum absolute atomic E-state index is 11.0. The van der Waals surface area contributed by atoms with E-state index in [2.05, 4.69) is 26.5 Å². The highest BCUT2D eigenvalue weighted by atomic mass is 35.5.